The average molecular weight is 445 g/mol. The number of hydrogen-bond acceptors (Lipinski definition) is 4. The number of phenolic OH excluding ortho intramolecular Hbond substituents is 1. The van der Waals surface area contributed by atoms with E-state index >= 15 is 0 Å². The number of hydrogen-bond donors (Lipinski definition) is 2. The van der Waals surface area contributed by atoms with E-state index in [9.17, 15) is 19.8 Å². The molecule has 5 nitrogen and oxygen atoms in total. The van der Waals surface area contributed by atoms with Gasteiger partial charge in [-0.2, -0.15) is 0 Å². The molecule has 0 radical (unpaired) electrons. The smallest absolute Gasteiger partial charge is 0.220 e. The number of phenols is 1. The van der Waals surface area contributed by atoms with Crippen molar-refractivity contribution in [3.63, 3.8) is 0 Å². The number of benzene rings is 1. The van der Waals surface area contributed by atoms with Gasteiger partial charge in [-0.3, -0.25) is 4.79 Å². The van der Waals surface area contributed by atoms with Crippen LogP contribution in [0.15, 0.2) is 36.4 Å². The number of unbranched alkanes of at least 4 members (excludes halogenated alkanes) is 11. The van der Waals surface area contributed by atoms with Crippen LogP contribution in [0.25, 0.3) is 0 Å². The second kappa shape index (κ2) is 18.3. The van der Waals surface area contributed by atoms with Gasteiger partial charge in [0.15, 0.2) is 0 Å². The number of aliphatic carboxylic acids is 1. The third-order valence-corrected chi connectivity index (χ3v) is 5.66. The molecule has 0 aromatic heterocycles. The minimum atomic E-state index is -1.30. The van der Waals surface area contributed by atoms with Crippen molar-refractivity contribution in [1.82, 2.24) is 5.32 Å². The van der Waals surface area contributed by atoms with E-state index in [1.54, 1.807) is 12.1 Å². The molecule has 2 N–H and O–H groups in total. The van der Waals surface area contributed by atoms with Crippen molar-refractivity contribution in [3.8, 4) is 5.75 Å². The summed E-state index contributed by atoms with van der Waals surface area (Å²) in [6.45, 7) is 2.25. The van der Waals surface area contributed by atoms with Crippen LogP contribution in [0.1, 0.15) is 102 Å². The van der Waals surface area contributed by atoms with Crippen LogP contribution in [-0.4, -0.2) is 23.0 Å². The van der Waals surface area contributed by atoms with Gasteiger partial charge in [0.25, 0.3) is 0 Å². The fourth-order valence-corrected chi connectivity index (χ4v) is 3.68. The normalized spacial score (nSPS) is 12.2. The summed E-state index contributed by atoms with van der Waals surface area (Å²) in [6, 6.07) is 5.21. The summed E-state index contributed by atoms with van der Waals surface area (Å²) < 4.78 is 0. The zero-order valence-electron chi connectivity index (χ0n) is 19.8. The van der Waals surface area contributed by atoms with Gasteiger partial charge in [0, 0.05) is 6.42 Å². The number of carbonyl (C=O) groups excluding carboxylic acids is 2. The number of allylic oxidation sites excluding steroid dienone is 2. The monoisotopic (exact) mass is 444 g/mol. The van der Waals surface area contributed by atoms with Crippen molar-refractivity contribution in [2.45, 2.75) is 109 Å². The Bertz CT molecular complexity index is 654. The second-order valence-corrected chi connectivity index (χ2v) is 8.64. The van der Waals surface area contributed by atoms with Crippen LogP contribution in [0, 0.1) is 0 Å². The molecule has 0 saturated carbocycles. The molecule has 0 aliphatic rings. The first-order chi connectivity index (χ1) is 15.5. The quantitative estimate of drug-likeness (QED) is 0.226. The molecule has 0 unspecified atom stereocenters. The molecule has 1 aromatic rings. The predicted molar refractivity (Wildman–Crippen MR) is 128 cm³/mol. The van der Waals surface area contributed by atoms with Gasteiger partial charge in [-0.25, -0.2) is 0 Å². The summed E-state index contributed by atoms with van der Waals surface area (Å²) in [4.78, 5) is 23.4. The fraction of sp³-hybridized carbons (Fsp3) is 0.630. The Morgan fingerprint density at radius 2 is 1.41 bits per heavy atom. The highest BCUT2D eigenvalue weighted by atomic mass is 16.4. The molecule has 0 spiro atoms. The number of carboxylic acid groups (broad SMARTS) is 1. The van der Waals surface area contributed by atoms with E-state index in [0.29, 0.717) is 6.42 Å². The van der Waals surface area contributed by atoms with Gasteiger partial charge in [0.05, 0.1) is 12.0 Å². The van der Waals surface area contributed by atoms with Crippen LogP contribution in [0.2, 0.25) is 0 Å². The number of carbonyl (C=O) groups is 2. The zero-order chi connectivity index (χ0) is 23.4. The van der Waals surface area contributed by atoms with E-state index < -0.39 is 12.0 Å². The molecular formula is C27H42NO4-. The summed E-state index contributed by atoms with van der Waals surface area (Å²) in [5.41, 5.74) is 0.721. The maximum Gasteiger partial charge on any atom is 0.220 e. The minimum absolute atomic E-state index is 0.118. The summed E-state index contributed by atoms with van der Waals surface area (Å²) in [5, 5.41) is 23.2. The Morgan fingerprint density at radius 3 is 1.97 bits per heavy atom. The first kappa shape index (κ1) is 27.7. The van der Waals surface area contributed by atoms with Crippen LogP contribution in [0.5, 0.6) is 5.75 Å². The predicted octanol–water partition coefficient (Wildman–Crippen LogP) is 5.21. The van der Waals surface area contributed by atoms with Crippen LogP contribution in [0.3, 0.4) is 0 Å². The molecule has 1 rings (SSSR count). The van der Waals surface area contributed by atoms with E-state index in [1.807, 2.05) is 0 Å². The van der Waals surface area contributed by atoms with Crippen LogP contribution >= 0.6 is 0 Å². The molecule has 0 aliphatic heterocycles. The number of aromatic hydroxyl groups is 1. The molecule has 180 valence electrons. The maximum atomic E-state index is 12.1. The lowest BCUT2D eigenvalue weighted by Crippen LogP contribution is -2.49. The third-order valence-electron chi connectivity index (χ3n) is 5.66. The van der Waals surface area contributed by atoms with Gasteiger partial charge in [-0.1, -0.05) is 82.6 Å². The lowest BCUT2D eigenvalue weighted by atomic mass is 10.0. The molecule has 1 amide bonds. The average Bonchev–Trinajstić information content (AvgIpc) is 2.77. The summed E-state index contributed by atoms with van der Waals surface area (Å²) in [5.74, 6) is -1.43. The molecule has 32 heavy (non-hydrogen) atoms. The van der Waals surface area contributed by atoms with Crippen molar-refractivity contribution in [2.75, 3.05) is 0 Å². The largest absolute Gasteiger partial charge is 0.548 e. The molecular weight excluding hydrogens is 402 g/mol. The Labute approximate surface area is 194 Å². The molecule has 0 saturated heterocycles. The third kappa shape index (κ3) is 14.7. The molecule has 0 bridgehead atoms. The van der Waals surface area contributed by atoms with Crippen molar-refractivity contribution >= 4 is 11.9 Å². The summed E-state index contributed by atoms with van der Waals surface area (Å²) >= 11 is 0. The van der Waals surface area contributed by atoms with Gasteiger partial charge in [0.1, 0.15) is 5.75 Å². The standard InChI is InChI=1S/C27H43NO4/c1-2-3-4-5-6-7-8-9-10-11-12-13-14-15-16-17-26(30)28-25(27(31)32)22-23-18-20-24(29)21-19-23/h9-10,18-21,25,29H,2-8,11-17,22H2,1H3,(H,28,30)(H,31,32)/p-1/b10-9-/t25-/m0/s1. The molecule has 0 aliphatic carbocycles. The molecule has 1 aromatic carbocycles. The number of amides is 1. The highest BCUT2D eigenvalue weighted by molar-refractivity contribution is 5.82. The number of rotatable bonds is 19. The Kier molecular flexibility index (Phi) is 15.9. The van der Waals surface area contributed by atoms with E-state index in [-0.39, 0.29) is 18.1 Å². The van der Waals surface area contributed by atoms with E-state index in [4.69, 9.17) is 0 Å². The topological polar surface area (TPSA) is 89.5 Å². The van der Waals surface area contributed by atoms with E-state index in [0.717, 1.165) is 37.7 Å². The minimum Gasteiger partial charge on any atom is -0.548 e. The number of carboxylic acids is 1. The lowest BCUT2D eigenvalue weighted by Gasteiger charge is -2.20. The molecule has 5 heteroatoms. The highest BCUT2D eigenvalue weighted by Gasteiger charge is 2.14. The maximum absolute atomic E-state index is 12.1. The Morgan fingerprint density at radius 1 is 0.875 bits per heavy atom. The molecule has 0 fully saturated rings. The SMILES string of the molecule is CCCCCCCC/C=C\CCCCCCCC(=O)N[C@@H](Cc1ccc(O)cc1)C(=O)[O-]. The van der Waals surface area contributed by atoms with Gasteiger partial charge in [-0.05, 0) is 56.2 Å². The van der Waals surface area contributed by atoms with Crippen molar-refractivity contribution in [3.05, 3.63) is 42.0 Å². The molecule has 0 heterocycles. The van der Waals surface area contributed by atoms with Crippen molar-refractivity contribution in [2.24, 2.45) is 0 Å². The lowest BCUT2D eigenvalue weighted by molar-refractivity contribution is -0.308. The Balaban J connectivity index is 2.03. The van der Waals surface area contributed by atoms with Crippen molar-refractivity contribution in [1.29, 1.82) is 0 Å². The van der Waals surface area contributed by atoms with Crippen LogP contribution in [0.4, 0.5) is 0 Å². The summed E-state index contributed by atoms with van der Waals surface area (Å²) in [7, 11) is 0. The highest BCUT2D eigenvalue weighted by Crippen LogP contribution is 2.12. The first-order valence-electron chi connectivity index (χ1n) is 12.5. The van der Waals surface area contributed by atoms with Gasteiger partial charge < -0.3 is 20.3 Å². The van der Waals surface area contributed by atoms with Gasteiger partial charge in [-0.15, -0.1) is 0 Å². The van der Waals surface area contributed by atoms with Gasteiger partial charge in [0.2, 0.25) is 5.91 Å². The molecule has 1 atom stereocenters. The first-order valence-corrected chi connectivity index (χ1v) is 12.5. The zero-order valence-corrected chi connectivity index (χ0v) is 19.8. The Hall–Kier alpha value is -2.30. The van der Waals surface area contributed by atoms with Crippen molar-refractivity contribution < 1.29 is 19.8 Å². The summed E-state index contributed by atoms with van der Waals surface area (Å²) in [6.07, 6.45) is 20.6. The van der Waals surface area contributed by atoms with Crippen LogP contribution in [-0.2, 0) is 16.0 Å². The van der Waals surface area contributed by atoms with E-state index in [2.05, 4.69) is 24.4 Å². The fourth-order valence-electron chi connectivity index (χ4n) is 3.68. The number of nitrogens with one attached hydrogen (secondary N) is 1. The van der Waals surface area contributed by atoms with Crippen LogP contribution < -0.4 is 10.4 Å². The van der Waals surface area contributed by atoms with Gasteiger partial charge >= 0.3 is 0 Å². The van der Waals surface area contributed by atoms with E-state index in [1.165, 1.54) is 63.5 Å². The second-order valence-electron chi connectivity index (χ2n) is 8.64.